The van der Waals surface area contributed by atoms with Crippen LogP contribution in [0.2, 0.25) is 5.02 Å². The molecule has 7 nitrogen and oxygen atoms in total. The maximum atomic E-state index is 12.2. The molecule has 3 rings (SSSR count). The Morgan fingerprint density at radius 3 is 2.64 bits per heavy atom. The molecule has 28 heavy (non-hydrogen) atoms. The zero-order valence-electron chi connectivity index (χ0n) is 14.9. The molecule has 1 aromatic heterocycles. The van der Waals surface area contributed by atoms with Gasteiger partial charge in [0.15, 0.2) is 5.16 Å². The van der Waals surface area contributed by atoms with Gasteiger partial charge in [-0.15, -0.1) is 10.2 Å². The van der Waals surface area contributed by atoms with E-state index in [4.69, 9.17) is 11.6 Å². The van der Waals surface area contributed by atoms with Crippen LogP contribution in [0, 0.1) is 0 Å². The lowest BCUT2D eigenvalue weighted by atomic mass is 10.1. The zero-order valence-corrected chi connectivity index (χ0v) is 16.5. The highest BCUT2D eigenvalue weighted by molar-refractivity contribution is 7.99. The molecular formula is C19H16ClN4O3S-. The quantitative estimate of drug-likeness (QED) is 0.593. The fourth-order valence-corrected chi connectivity index (χ4v) is 3.41. The van der Waals surface area contributed by atoms with Crippen LogP contribution in [-0.4, -0.2) is 32.4 Å². The number of carbonyl (C=O) groups is 2. The van der Waals surface area contributed by atoms with Gasteiger partial charge in [0.1, 0.15) is 5.82 Å². The molecule has 0 saturated carbocycles. The topological polar surface area (TPSA) is 99.9 Å². The third-order valence-corrected chi connectivity index (χ3v) is 5.28. The van der Waals surface area contributed by atoms with E-state index in [0.717, 1.165) is 11.4 Å². The van der Waals surface area contributed by atoms with Crippen molar-refractivity contribution >= 4 is 40.9 Å². The highest BCUT2D eigenvalue weighted by atomic mass is 35.5. The lowest BCUT2D eigenvalue weighted by Crippen LogP contribution is -2.23. The number of carboxylic acid groups (broad SMARTS) is 1. The number of carbonyl (C=O) groups excluding carboxylic acids is 2. The predicted octanol–water partition coefficient (Wildman–Crippen LogP) is 2.15. The van der Waals surface area contributed by atoms with Crippen molar-refractivity contribution < 1.29 is 14.7 Å². The lowest BCUT2D eigenvalue weighted by Gasteiger charge is -2.09. The first-order valence-electron chi connectivity index (χ1n) is 8.30. The molecule has 0 unspecified atom stereocenters. The van der Waals surface area contributed by atoms with E-state index in [0.29, 0.717) is 17.3 Å². The Labute approximate surface area is 170 Å². The van der Waals surface area contributed by atoms with Crippen LogP contribution in [0.5, 0.6) is 0 Å². The van der Waals surface area contributed by atoms with Crippen LogP contribution in [0.3, 0.4) is 0 Å². The summed E-state index contributed by atoms with van der Waals surface area (Å²) in [7, 11) is 1.85. The van der Waals surface area contributed by atoms with Crippen LogP contribution in [0.4, 0.5) is 5.69 Å². The monoisotopic (exact) mass is 415 g/mol. The number of anilines is 1. The number of rotatable bonds is 7. The van der Waals surface area contributed by atoms with Crippen LogP contribution in [0.15, 0.2) is 53.7 Å². The third-order valence-electron chi connectivity index (χ3n) is 3.93. The first-order valence-corrected chi connectivity index (χ1v) is 9.66. The van der Waals surface area contributed by atoms with Crippen molar-refractivity contribution in [2.45, 2.75) is 11.6 Å². The van der Waals surface area contributed by atoms with E-state index in [2.05, 4.69) is 15.5 Å². The second-order valence-electron chi connectivity index (χ2n) is 5.94. The predicted molar refractivity (Wildman–Crippen MR) is 105 cm³/mol. The Balaban J connectivity index is 1.59. The molecule has 0 radical (unpaired) electrons. The number of carboxylic acids is 1. The second kappa shape index (κ2) is 8.90. The highest BCUT2D eigenvalue weighted by Gasteiger charge is 2.12. The molecule has 0 aliphatic carbocycles. The van der Waals surface area contributed by atoms with Crippen molar-refractivity contribution in [3.8, 4) is 0 Å². The zero-order chi connectivity index (χ0) is 20.1. The molecule has 0 spiro atoms. The Hall–Kier alpha value is -2.84. The maximum Gasteiger partial charge on any atom is 0.234 e. The summed E-state index contributed by atoms with van der Waals surface area (Å²) in [6.45, 7) is 0. The summed E-state index contributed by atoms with van der Waals surface area (Å²) < 4.78 is 1.85. The number of nitrogens with zero attached hydrogens (tertiary/aromatic N) is 3. The van der Waals surface area contributed by atoms with Crippen LogP contribution in [0.25, 0.3) is 0 Å². The van der Waals surface area contributed by atoms with Gasteiger partial charge in [-0.05, 0) is 23.8 Å². The molecule has 0 bridgehead atoms. The van der Waals surface area contributed by atoms with Crippen LogP contribution < -0.4 is 10.4 Å². The van der Waals surface area contributed by atoms with E-state index in [1.54, 1.807) is 0 Å². The number of benzene rings is 2. The Bertz CT molecular complexity index is 1010. The molecule has 0 fully saturated rings. The minimum absolute atomic E-state index is 0.0532. The molecule has 9 heteroatoms. The minimum atomic E-state index is -1.40. The van der Waals surface area contributed by atoms with Crippen molar-refractivity contribution in [2.24, 2.45) is 7.05 Å². The number of nitrogens with one attached hydrogen (secondary N) is 1. The summed E-state index contributed by atoms with van der Waals surface area (Å²) in [6.07, 6.45) is 0.647. The summed E-state index contributed by atoms with van der Waals surface area (Å²) in [5.41, 5.74) is 1.28. The van der Waals surface area contributed by atoms with E-state index in [1.165, 1.54) is 30.0 Å². The van der Waals surface area contributed by atoms with Gasteiger partial charge in [-0.3, -0.25) is 4.79 Å². The van der Waals surface area contributed by atoms with Gasteiger partial charge in [-0.1, -0.05) is 53.7 Å². The summed E-state index contributed by atoms with van der Waals surface area (Å²) in [6, 6.07) is 14.1. The third kappa shape index (κ3) is 4.90. The number of amides is 1. The van der Waals surface area contributed by atoms with Gasteiger partial charge in [-0.2, -0.15) is 0 Å². The first kappa shape index (κ1) is 19.9. The summed E-state index contributed by atoms with van der Waals surface area (Å²) >= 11 is 7.03. The highest BCUT2D eigenvalue weighted by Crippen LogP contribution is 2.21. The molecule has 144 valence electrons. The van der Waals surface area contributed by atoms with Crippen LogP contribution >= 0.6 is 23.4 Å². The molecule has 3 aromatic rings. The van der Waals surface area contributed by atoms with Crippen molar-refractivity contribution in [1.82, 2.24) is 14.8 Å². The SMILES string of the molecule is Cn1c(Cc2ccccc2)nnc1SCC(=O)Nc1ccc(Cl)c(C(=O)[O-])c1. The number of halogens is 1. The molecule has 0 aliphatic heterocycles. The van der Waals surface area contributed by atoms with E-state index in [-0.39, 0.29) is 22.2 Å². The fourth-order valence-electron chi connectivity index (χ4n) is 2.49. The van der Waals surface area contributed by atoms with Crippen LogP contribution in [-0.2, 0) is 18.3 Å². The largest absolute Gasteiger partial charge is 0.545 e. The van der Waals surface area contributed by atoms with Crippen molar-refractivity contribution in [2.75, 3.05) is 11.1 Å². The van der Waals surface area contributed by atoms with Gasteiger partial charge in [0.2, 0.25) is 5.91 Å². The molecule has 0 atom stereocenters. The standard InChI is InChI=1S/C19H17ClN4O3S/c1-24-16(9-12-5-3-2-4-6-12)22-23-19(24)28-11-17(25)21-13-7-8-15(20)14(10-13)18(26)27/h2-8,10H,9,11H2,1H3,(H,21,25)(H,26,27)/p-1. The van der Waals surface area contributed by atoms with E-state index in [1.807, 2.05) is 41.9 Å². The Kier molecular flexibility index (Phi) is 6.33. The normalized spacial score (nSPS) is 10.6. The number of aromatic carboxylic acids is 1. The number of aromatic nitrogens is 3. The molecule has 0 aliphatic rings. The van der Waals surface area contributed by atoms with Gasteiger partial charge in [0, 0.05) is 29.7 Å². The number of hydrogen-bond donors (Lipinski definition) is 1. The van der Waals surface area contributed by atoms with E-state index >= 15 is 0 Å². The number of thioether (sulfide) groups is 1. The molecule has 0 saturated heterocycles. The van der Waals surface area contributed by atoms with E-state index < -0.39 is 5.97 Å². The molecule has 1 heterocycles. The maximum absolute atomic E-state index is 12.2. The number of hydrogen-bond acceptors (Lipinski definition) is 6. The smallest absolute Gasteiger partial charge is 0.234 e. The second-order valence-corrected chi connectivity index (χ2v) is 7.29. The summed E-state index contributed by atoms with van der Waals surface area (Å²) in [5, 5.41) is 22.6. The molecule has 2 aromatic carbocycles. The van der Waals surface area contributed by atoms with Gasteiger partial charge >= 0.3 is 0 Å². The summed E-state index contributed by atoms with van der Waals surface area (Å²) in [5.74, 6) is -0.809. The van der Waals surface area contributed by atoms with Gasteiger partial charge in [0.05, 0.1) is 11.7 Å². The van der Waals surface area contributed by atoms with Gasteiger partial charge in [-0.25, -0.2) is 0 Å². The molecular weight excluding hydrogens is 400 g/mol. The van der Waals surface area contributed by atoms with Gasteiger partial charge < -0.3 is 19.8 Å². The average molecular weight is 416 g/mol. The Morgan fingerprint density at radius 1 is 1.18 bits per heavy atom. The first-order chi connectivity index (χ1) is 13.4. The molecule has 1 N–H and O–H groups in total. The van der Waals surface area contributed by atoms with Crippen molar-refractivity contribution in [1.29, 1.82) is 0 Å². The lowest BCUT2D eigenvalue weighted by molar-refractivity contribution is -0.255. The van der Waals surface area contributed by atoms with E-state index in [9.17, 15) is 14.7 Å². The van der Waals surface area contributed by atoms with Crippen LogP contribution in [0.1, 0.15) is 21.7 Å². The minimum Gasteiger partial charge on any atom is -0.545 e. The van der Waals surface area contributed by atoms with Crippen molar-refractivity contribution in [3.63, 3.8) is 0 Å². The average Bonchev–Trinajstić information content (AvgIpc) is 3.02. The van der Waals surface area contributed by atoms with Crippen molar-refractivity contribution in [3.05, 3.63) is 70.5 Å². The summed E-state index contributed by atoms with van der Waals surface area (Å²) in [4.78, 5) is 23.2. The fraction of sp³-hybridized carbons (Fsp3) is 0.158. The Morgan fingerprint density at radius 2 is 1.93 bits per heavy atom. The molecule has 1 amide bonds. The van der Waals surface area contributed by atoms with Gasteiger partial charge in [0.25, 0.3) is 0 Å².